The molecule has 1 atom stereocenters. The maximum absolute atomic E-state index is 11.9. The van der Waals surface area contributed by atoms with E-state index >= 15 is 0 Å². The molecular weight excluding hydrogens is 268 g/mol. The van der Waals surface area contributed by atoms with Crippen LogP contribution in [0.25, 0.3) is 0 Å². The topological polar surface area (TPSA) is 73.6 Å². The van der Waals surface area contributed by atoms with Gasteiger partial charge in [0.05, 0.1) is 25.9 Å². The fourth-order valence-corrected chi connectivity index (χ4v) is 1.72. The Kier molecular flexibility index (Phi) is 7.97. The van der Waals surface area contributed by atoms with Crippen LogP contribution in [0.4, 0.5) is 5.69 Å². The summed E-state index contributed by atoms with van der Waals surface area (Å²) in [5.74, 6) is -0.0607. The van der Waals surface area contributed by atoms with Crippen molar-refractivity contribution in [2.75, 3.05) is 25.1 Å². The molecule has 0 aliphatic carbocycles. The molecule has 0 heterocycles. The number of hydrogen-bond donors (Lipinski definition) is 2. The first-order chi connectivity index (χ1) is 10.0. The minimum Gasteiger partial charge on any atom is -0.379 e. The second-order valence-electron chi connectivity index (χ2n) is 5.21. The zero-order valence-corrected chi connectivity index (χ0v) is 13.1. The number of amides is 1. The van der Waals surface area contributed by atoms with Crippen molar-refractivity contribution in [2.45, 2.75) is 33.4 Å². The second kappa shape index (κ2) is 9.50. The first-order valence-corrected chi connectivity index (χ1v) is 7.35. The molecule has 5 nitrogen and oxygen atoms in total. The molecule has 0 aliphatic heterocycles. The predicted octanol–water partition coefficient (Wildman–Crippen LogP) is 2.16. The van der Waals surface area contributed by atoms with E-state index < -0.39 is 6.04 Å². The third-order valence-electron chi connectivity index (χ3n) is 3.06. The van der Waals surface area contributed by atoms with E-state index in [1.165, 1.54) is 0 Å². The Bertz CT molecular complexity index is 435. The van der Waals surface area contributed by atoms with Crippen molar-refractivity contribution in [2.24, 2.45) is 11.7 Å². The van der Waals surface area contributed by atoms with E-state index in [-0.39, 0.29) is 11.8 Å². The number of anilines is 1. The fourth-order valence-electron chi connectivity index (χ4n) is 1.72. The normalized spacial score (nSPS) is 12.4. The molecule has 118 valence electrons. The van der Waals surface area contributed by atoms with Crippen LogP contribution in [-0.4, -0.2) is 31.8 Å². The zero-order valence-electron chi connectivity index (χ0n) is 13.1. The highest BCUT2D eigenvalue weighted by Gasteiger charge is 2.17. The first kappa shape index (κ1) is 17.6. The van der Waals surface area contributed by atoms with Gasteiger partial charge in [-0.3, -0.25) is 4.79 Å². The van der Waals surface area contributed by atoms with E-state index in [9.17, 15) is 4.79 Å². The molecule has 0 fully saturated rings. The van der Waals surface area contributed by atoms with Gasteiger partial charge >= 0.3 is 0 Å². The van der Waals surface area contributed by atoms with Crippen molar-refractivity contribution >= 4 is 11.6 Å². The summed E-state index contributed by atoms with van der Waals surface area (Å²) in [7, 11) is 0. The minimum absolute atomic E-state index is 0.107. The summed E-state index contributed by atoms with van der Waals surface area (Å²) in [6.07, 6.45) is 0. The number of nitrogens with two attached hydrogens (primary N) is 1. The molecule has 1 aromatic carbocycles. The van der Waals surface area contributed by atoms with Crippen LogP contribution in [0.1, 0.15) is 26.3 Å². The lowest BCUT2D eigenvalue weighted by Crippen LogP contribution is -2.39. The van der Waals surface area contributed by atoms with Gasteiger partial charge < -0.3 is 20.5 Å². The van der Waals surface area contributed by atoms with Gasteiger partial charge in [0, 0.05) is 12.3 Å². The average Bonchev–Trinajstić information content (AvgIpc) is 2.46. The van der Waals surface area contributed by atoms with Gasteiger partial charge in [-0.2, -0.15) is 0 Å². The molecule has 5 heteroatoms. The number of ether oxygens (including phenoxy) is 2. The quantitative estimate of drug-likeness (QED) is 0.685. The maximum atomic E-state index is 11.9. The largest absolute Gasteiger partial charge is 0.379 e. The number of carbonyl (C=O) groups excluding carboxylic acids is 1. The summed E-state index contributed by atoms with van der Waals surface area (Å²) >= 11 is 0. The van der Waals surface area contributed by atoms with Gasteiger partial charge in [0.2, 0.25) is 5.91 Å². The summed E-state index contributed by atoms with van der Waals surface area (Å²) in [4.78, 5) is 11.9. The average molecular weight is 294 g/mol. The molecule has 0 radical (unpaired) electrons. The maximum Gasteiger partial charge on any atom is 0.241 e. The van der Waals surface area contributed by atoms with Crippen LogP contribution in [-0.2, 0) is 20.9 Å². The van der Waals surface area contributed by atoms with Gasteiger partial charge in [-0.05, 0) is 30.5 Å². The number of benzene rings is 1. The molecule has 1 amide bonds. The van der Waals surface area contributed by atoms with Gasteiger partial charge in [0.25, 0.3) is 0 Å². The summed E-state index contributed by atoms with van der Waals surface area (Å²) in [5, 5.41) is 2.83. The lowest BCUT2D eigenvalue weighted by Gasteiger charge is -2.15. The van der Waals surface area contributed by atoms with Crippen LogP contribution in [0.15, 0.2) is 24.3 Å². The van der Waals surface area contributed by atoms with Gasteiger partial charge in [0.15, 0.2) is 0 Å². The molecule has 0 saturated carbocycles. The van der Waals surface area contributed by atoms with E-state index in [1.807, 2.05) is 45.0 Å². The van der Waals surface area contributed by atoms with Crippen LogP contribution in [0.3, 0.4) is 0 Å². The molecule has 1 aromatic rings. The molecule has 1 rings (SSSR count). The second-order valence-corrected chi connectivity index (χ2v) is 5.21. The van der Waals surface area contributed by atoms with E-state index in [0.29, 0.717) is 26.4 Å². The summed E-state index contributed by atoms with van der Waals surface area (Å²) in [6, 6.07) is 7.08. The monoisotopic (exact) mass is 294 g/mol. The Labute approximate surface area is 126 Å². The Morgan fingerprint density at radius 3 is 2.67 bits per heavy atom. The smallest absolute Gasteiger partial charge is 0.241 e. The van der Waals surface area contributed by atoms with Crippen molar-refractivity contribution in [3.8, 4) is 0 Å². The molecule has 21 heavy (non-hydrogen) atoms. The van der Waals surface area contributed by atoms with Crippen LogP contribution >= 0.6 is 0 Å². The minimum atomic E-state index is -0.504. The third-order valence-corrected chi connectivity index (χ3v) is 3.06. The Morgan fingerprint density at radius 1 is 1.29 bits per heavy atom. The molecule has 0 bridgehead atoms. The number of carbonyl (C=O) groups is 1. The van der Waals surface area contributed by atoms with E-state index in [4.69, 9.17) is 15.2 Å². The molecule has 0 saturated heterocycles. The molecular formula is C16H26N2O3. The van der Waals surface area contributed by atoms with Crippen LogP contribution < -0.4 is 11.1 Å². The molecule has 0 aliphatic rings. The van der Waals surface area contributed by atoms with Crippen molar-refractivity contribution in [3.63, 3.8) is 0 Å². The van der Waals surface area contributed by atoms with Gasteiger partial charge in [-0.25, -0.2) is 0 Å². The Balaban J connectivity index is 2.46. The summed E-state index contributed by atoms with van der Waals surface area (Å²) in [5.41, 5.74) is 7.56. The van der Waals surface area contributed by atoms with E-state index in [2.05, 4.69) is 5.32 Å². The fraction of sp³-hybridized carbons (Fsp3) is 0.562. The van der Waals surface area contributed by atoms with Crippen molar-refractivity contribution in [1.82, 2.24) is 0 Å². The molecule has 0 unspecified atom stereocenters. The van der Waals surface area contributed by atoms with Gasteiger partial charge in [-0.1, -0.05) is 26.0 Å². The lowest BCUT2D eigenvalue weighted by molar-refractivity contribution is -0.118. The third kappa shape index (κ3) is 6.71. The Morgan fingerprint density at radius 2 is 2.00 bits per heavy atom. The predicted molar refractivity (Wildman–Crippen MR) is 84.0 cm³/mol. The number of rotatable bonds is 9. The van der Waals surface area contributed by atoms with Crippen LogP contribution in [0.5, 0.6) is 0 Å². The Hall–Kier alpha value is -1.43. The molecule has 3 N–H and O–H groups in total. The van der Waals surface area contributed by atoms with Crippen molar-refractivity contribution in [3.05, 3.63) is 29.8 Å². The van der Waals surface area contributed by atoms with Crippen molar-refractivity contribution < 1.29 is 14.3 Å². The number of nitrogens with one attached hydrogen (secondary N) is 1. The highest BCUT2D eigenvalue weighted by Crippen LogP contribution is 2.13. The summed E-state index contributed by atoms with van der Waals surface area (Å²) < 4.78 is 10.7. The molecule has 0 spiro atoms. The summed E-state index contributed by atoms with van der Waals surface area (Å²) in [6.45, 7) is 8.14. The number of hydrogen-bond acceptors (Lipinski definition) is 4. The zero-order chi connectivity index (χ0) is 15.7. The molecule has 0 aromatic heterocycles. The highest BCUT2D eigenvalue weighted by atomic mass is 16.5. The standard InChI is InChI=1S/C16H26N2O3/c1-4-20-8-9-21-11-13-6-5-7-14(10-13)18-16(19)15(17)12(2)3/h5-7,10,12,15H,4,8-9,11,17H2,1-3H3,(H,18,19)/t15-/m0/s1. The van der Waals surface area contributed by atoms with Crippen LogP contribution in [0, 0.1) is 5.92 Å². The lowest BCUT2D eigenvalue weighted by atomic mass is 10.0. The van der Waals surface area contributed by atoms with Gasteiger partial charge in [-0.15, -0.1) is 0 Å². The van der Waals surface area contributed by atoms with Gasteiger partial charge in [0.1, 0.15) is 0 Å². The van der Waals surface area contributed by atoms with Crippen LogP contribution in [0.2, 0.25) is 0 Å². The van der Waals surface area contributed by atoms with Crippen molar-refractivity contribution in [1.29, 1.82) is 0 Å². The first-order valence-electron chi connectivity index (χ1n) is 7.35. The van der Waals surface area contributed by atoms with E-state index in [1.54, 1.807) is 0 Å². The SMILES string of the molecule is CCOCCOCc1cccc(NC(=O)[C@@H](N)C(C)C)c1. The van der Waals surface area contributed by atoms with E-state index in [0.717, 1.165) is 11.3 Å². The highest BCUT2D eigenvalue weighted by molar-refractivity contribution is 5.94.